The van der Waals surface area contributed by atoms with E-state index in [-0.39, 0.29) is 5.91 Å². The Kier molecular flexibility index (Phi) is 4.42. The maximum atomic E-state index is 11.8. The second-order valence-electron chi connectivity index (χ2n) is 4.49. The number of carbonyl (C=O) groups excluding carboxylic acids is 1. The van der Waals surface area contributed by atoms with Gasteiger partial charge >= 0.3 is 0 Å². The Morgan fingerprint density at radius 1 is 1.47 bits per heavy atom. The van der Waals surface area contributed by atoms with Crippen LogP contribution in [0, 0.1) is 13.8 Å². The molecule has 0 aliphatic rings. The number of hydrogen-bond donors (Lipinski definition) is 2. The first-order chi connectivity index (χ1) is 9.06. The molecule has 0 atom stereocenters. The van der Waals surface area contributed by atoms with Gasteiger partial charge in [-0.2, -0.15) is 5.10 Å². The fourth-order valence-electron chi connectivity index (χ4n) is 1.93. The molecule has 0 fully saturated rings. The maximum Gasteiger partial charge on any atom is 0.267 e. The number of aryl methyl sites for hydroxylation is 3. The highest BCUT2D eigenvalue weighted by molar-refractivity contribution is 9.10. The van der Waals surface area contributed by atoms with E-state index in [2.05, 4.69) is 37.4 Å². The summed E-state index contributed by atoms with van der Waals surface area (Å²) in [5, 5.41) is 7.26. The van der Waals surface area contributed by atoms with Gasteiger partial charge < -0.3 is 10.3 Å². The van der Waals surface area contributed by atoms with Crippen LogP contribution in [0.4, 0.5) is 0 Å². The van der Waals surface area contributed by atoms with Crippen molar-refractivity contribution in [1.29, 1.82) is 0 Å². The molecule has 19 heavy (non-hydrogen) atoms. The second-order valence-corrected chi connectivity index (χ2v) is 5.41. The lowest BCUT2D eigenvalue weighted by molar-refractivity contribution is 0.0948. The average Bonchev–Trinajstić information content (AvgIpc) is 2.91. The molecule has 0 bridgehead atoms. The molecule has 2 aromatic rings. The van der Waals surface area contributed by atoms with Gasteiger partial charge in [-0.3, -0.25) is 9.48 Å². The predicted molar refractivity (Wildman–Crippen MR) is 77.1 cm³/mol. The van der Waals surface area contributed by atoms with Gasteiger partial charge in [-0.25, -0.2) is 0 Å². The van der Waals surface area contributed by atoms with Crippen LogP contribution < -0.4 is 5.32 Å². The number of amides is 1. The number of halogens is 1. The van der Waals surface area contributed by atoms with E-state index in [1.54, 1.807) is 12.3 Å². The average molecular weight is 325 g/mol. The van der Waals surface area contributed by atoms with Crippen molar-refractivity contribution in [2.45, 2.75) is 26.8 Å². The van der Waals surface area contributed by atoms with Crippen molar-refractivity contribution < 1.29 is 4.79 Å². The maximum absolute atomic E-state index is 11.8. The van der Waals surface area contributed by atoms with Crippen molar-refractivity contribution in [3.8, 4) is 0 Å². The van der Waals surface area contributed by atoms with Gasteiger partial charge in [0.15, 0.2) is 0 Å². The van der Waals surface area contributed by atoms with Crippen LogP contribution in [0.3, 0.4) is 0 Å². The zero-order valence-corrected chi connectivity index (χ0v) is 12.6. The lowest BCUT2D eigenvalue weighted by atomic mass is 10.3. The van der Waals surface area contributed by atoms with E-state index in [1.165, 1.54) is 0 Å². The SMILES string of the molecule is Cc1cc(C)n(CCCNC(=O)c2cc(Br)c[nH]2)n1. The second kappa shape index (κ2) is 6.06. The van der Waals surface area contributed by atoms with E-state index >= 15 is 0 Å². The number of nitrogens with zero attached hydrogens (tertiary/aromatic N) is 2. The van der Waals surface area contributed by atoms with Crippen molar-refractivity contribution in [3.05, 3.63) is 39.9 Å². The molecule has 0 unspecified atom stereocenters. The summed E-state index contributed by atoms with van der Waals surface area (Å²) < 4.78 is 2.84. The molecule has 2 heterocycles. The summed E-state index contributed by atoms with van der Waals surface area (Å²) in [5.41, 5.74) is 2.74. The van der Waals surface area contributed by atoms with Crippen LogP contribution in [0.2, 0.25) is 0 Å². The number of carbonyl (C=O) groups is 1. The topological polar surface area (TPSA) is 62.7 Å². The lowest BCUT2D eigenvalue weighted by Crippen LogP contribution is -2.25. The van der Waals surface area contributed by atoms with Crippen molar-refractivity contribution in [2.75, 3.05) is 6.54 Å². The molecule has 1 amide bonds. The Bertz CT molecular complexity index is 573. The molecule has 0 saturated heterocycles. The van der Waals surface area contributed by atoms with Gasteiger partial charge in [0.1, 0.15) is 5.69 Å². The molecule has 5 nitrogen and oxygen atoms in total. The summed E-state index contributed by atoms with van der Waals surface area (Å²) in [4.78, 5) is 14.7. The molecule has 0 saturated carbocycles. The van der Waals surface area contributed by atoms with E-state index in [1.807, 2.05) is 18.5 Å². The van der Waals surface area contributed by atoms with E-state index in [4.69, 9.17) is 0 Å². The molecule has 2 aromatic heterocycles. The van der Waals surface area contributed by atoms with Gasteiger partial charge in [-0.05, 0) is 48.3 Å². The minimum Gasteiger partial charge on any atom is -0.356 e. The van der Waals surface area contributed by atoms with Crippen LogP contribution in [-0.2, 0) is 6.54 Å². The highest BCUT2D eigenvalue weighted by atomic mass is 79.9. The number of nitrogens with one attached hydrogen (secondary N) is 2. The Morgan fingerprint density at radius 3 is 2.84 bits per heavy atom. The zero-order valence-electron chi connectivity index (χ0n) is 11.0. The van der Waals surface area contributed by atoms with Crippen molar-refractivity contribution >= 4 is 21.8 Å². The third-order valence-corrected chi connectivity index (χ3v) is 3.29. The number of hydrogen-bond acceptors (Lipinski definition) is 2. The minimum atomic E-state index is -0.0842. The monoisotopic (exact) mass is 324 g/mol. The summed E-state index contributed by atoms with van der Waals surface area (Å²) in [7, 11) is 0. The van der Waals surface area contributed by atoms with E-state index < -0.39 is 0 Å². The first-order valence-electron chi connectivity index (χ1n) is 6.19. The van der Waals surface area contributed by atoms with Crippen molar-refractivity contribution in [2.24, 2.45) is 0 Å². The van der Waals surface area contributed by atoms with Crippen molar-refractivity contribution in [1.82, 2.24) is 20.1 Å². The van der Waals surface area contributed by atoms with Gasteiger partial charge in [0.05, 0.1) is 5.69 Å². The molecular formula is C13H17BrN4O. The summed E-state index contributed by atoms with van der Waals surface area (Å²) in [6, 6.07) is 3.81. The summed E-state index contributed by atoms with van der Waals surface area (Å²) in [6.07, 6.45) is 2.60. The van der Waals surface area contributed by atoms with E-state index in [0.717, 1.165) is 28.8 Å². The smallest absolute Gasteiger partial charge is 0.267 e. The number of H-pyrrole nitrogens is 1. The van der Waals surface area contributed by atoms with Gasteiger partial charge in [0.2, 0.25) is 0 Å². The molecule has 2 N–H and O–H groups in total. The molecule has 0 aromatic carbocycles. The summed E-state index contributed by atoms with van der Waals surface area (Å²) in [6.45, 7) is 5.46. The van der Waals surface area contributed by atoms with Crippen LogP contribution in [0.15, 0.2) is 22.8 Å². The highest BCUT2D eigenvalue weighted by Crippen LogP contribution is 2.10. The molecular weight excluding hydrogens is 308 g/mol. The van der Waals surface area contributed by atoms with Gasteiger partial charge in [0, 0.05) is 29.5 Å². The number of aromatic nitrogens is 3. The first kappa shape index (κ1) is 13.9. The lowest BCUT2D eigenvalue weighted by Gasteiger charge is -2.05. The van der Waals surface area contributed by atoms with Crippen LogP contribution in [-0.4, -0.2) is 27.2 Å². The fraction of sp³-hybridized carbons (Fsp3) is 0.385. The van der Waals surface area contributed by atoms with E-state index in [0.29, 0.717) is 12.2 Å². The molecule has 2 rings (SSSR count). The third-order valence-electron chi connectivity index (χ3n) is 2.83. The molecule has 102 valence electrons. The zero-order chi connectivity index (χ0) is 13.8. The quantitative estimate of drug-likeness (QED) is 0.829. The van der Waals surface area contributed by atoms with Crippen LogP contribution in [0.25, 0.3) is 0 Å². The molecule has 0 aliphatic carbocycles. The first-order valence-corrected chi connectivity index (χ1v) is 6.99. The Morgan fingerprint density at radius 2 is 2.26 bits per heavy atom. The molecule has 0 aliphatic heterocycles. The Hall–Kier alpha value is -1.56. The standard InChI is InChI=1S/C13H17BrN4O/c1-9-6-10(2)18(17-9)5-3-4-15-13(19)12-7-11(14)8-16-12/h6-8,16H,3-5H2,1-2H3,(H,15,19). The normalized spacial score (nSPS) is 10.7. The molecule has 6 heteroatoms. The third kappa shape index (κ3) is 3.70. The summed E-state index contributed by atoms with van der Waals surface area (Å²) in [5.74, 6) is -0.0842. The predicted octanol–water partition coefficient (Wildman–Crippen LogP) is 2.41. The Labute approximate surface area is 120 Å². The fourth-order valence-corrected chi connectivity index (χ4v) is 2.27. The van der Waals surface area contributed by atoms with Crippen LogP contribution in [0.1, 0.15) is 28.3 Å². The van der Waals surface area contributed by atoms with Gasteiger partial charge in [0.25, 0.3) is 5.91 Å². The minimum absolute atomic E-state index is 0.0842. The number of rotatable bonds is 5. The molecule has 0 radical (unpaired) electrons. The van der Waals surface area contributed by atoms with Crippen LogP contribution >= 0.6 is 15.9 Å². The largest absolute Gasteiger partial charge is 0.356 e. The van der Waals surface area contributed by atoms with Gasteiger partial charge in [-0.1, -0.05) is 0 Å². The van der Waals surface area contributed by atoms with E-state index in [9.17, 15) is 4.79 Å². The Balaban J connectivity index is 1.75. The van der Waals surface area contributed by atoms with Gasteiger partial charge in [-0.15, -0.1) is 0 Å². The number of aromatic amines is 1. The van der Waals surface area contributed by atoms with Crippen LogP contribution in [0.5, 0.6) is 0 Å². The highest BCUT2D eigenvalue weighted by Gasteiger charge is 2.07. The summed E-state index contributed by atoms with van der Waals surface area (Å²) >= 11 is 3.30. The molecule has 0 spiro atoms. The van der Waals surface area contributed by atoms with Crippen molar-refractivity contribution in [3.63, 3.8) is 0 Å².